The molecule has 1 fully saturated rings. The molecule has 1 saturated carbocycles. The van der Waals surface area contributed by atoms with E-state index in [-0.39, 0.29) is 29.3 Å². The summed E-state index contributed by atoms with van der Waals surface area (Å²) in [6, 6.07) is 4.81. The van der Waals surface area contributed by atoms with E-state index >= 15 is 0 Å². The van der Waals surface area contributed by atoms with Gasteiger partial charge < -0.3 is 5.73 Å². The minimum absolute atomic E-state index is 0. The Hall–Kier alpha value is -0.310. The number of rotatable bonds is 2. The summed E-state index contributed by atoms with van der Waals surface area (Å²) in [7, 11) is 0. The second kappa shape index (κ2) is 6.58. The molecule has 1 aliphatic rings. The van der Waals surface area contributed by atoms with Crippen LogP contribution in [0.1, 0.15) is 43.7 Å². The van der Waals surface area contributed by atoms with Crippen molar-refractivity contribution < 1.29 is 4.39 Å². The zero-order chi connectivity index (χ0) is 11.5. The van der Waals surface area contributed by atoms with Gasteiger partial charge in [-0.05, 0) is 36.5 Å². The van der Waals surface area contributed by atoms with Crippen LogP contribution >= 0.6 is 24.0 Å². The summed E-state index contributed by atoms with van der Waals surface area (Å²) < 4.78 is 13.0. The van der Waals surface area contributed by atoms with Gasteiger partial charge in [-0.15, -0.1) is 12.4 Å². The van der Waals surface area contributed by atoms with E-state index in [0.29, 0.717) is 5.92 Å². The van der Waals surface area contributed by atoms with Gasteiger partial charge in [0.2, 0.25) is 0 Å². The quantitative estimate of drug-likeness (QED) is 0.848. The number of hydrogen-bond acceptors (Lipinski definition) is 1. The number of nitrogens with two attached hydrogens (primary N) is 1. The second-order valence-electron chi connectivity index (χ2n) is 4.60. The highest BCUT2D eigenvalue weighted by Gasteiger charge is 2.22. The average Bonchev–Trinajstić information content (AvgIpc) is 2.33. The minimum atomic E-state index is -0.374. The first-order chi connectivity index (χ1) is 7.68. The highest BCUT2D eigenvalue weighted by Crippen LogP contribution is 2.33. The standard InChI is InChI=1S/C13H17ClFN.ClH/c14-11-8-10(6-7-12(11)15)13(16)9-4-2-1-3-5-9;/h6-9,13H,1-5,16H2;1H/t13-;/m0./s1. The molecular weight excluding hydrogens is 260 g/mol. The van der Waals surface area contributed by atoms with E-state index in [2.05, 4.69) is 0 Å². The fraction of sp³-hybridized carbons (Fsp3) is 0.538. The molecule has 1 atom stereocenters. The third-order valence-electron chi connectivity index (χ3n) is 3.49. The molecular formula is C13H18Cl2FN. The third-order valence-corrected chi connectivity index (χ3v) is 3.78. The van der Waals surface area contributed by atoms with Crippen molar-refractivity contribution in [2.75, 3.05) is 0 Å². The Morgan fingerprint density at radius 2 is 1.88 bits per heavy atom. The van der Waals surface area contributed by atoms with Crippen LogP contribution in [0.3, 0.4) is 0 Å². The Labute approximate surface area is 113 Å². The predicted octanol–water partition coefficient (Wildman–Crippen LogP) is 4.48. The molecule has 96 valence electrons. The first-order valence-corrected chi connectivity index (χ1v) is 6.27. The van der Waals surface area contributed by atoms with Crippen molar-refractivity contribution in [1.82, 2.24) is 0 Å². The van der Waals surface area contributed by atoms with E-state index in [9.17, 15) is 4.39 Å². The Bertz CT molecular complexity index is 364. The number of halogens is 3. The van der Waals surface area contributed by atoms with Gasteiger partial charge in [0, 0.05) is 6.04 Å². The minimum Gasteiger partial charge on any atom is -0.324 e. The van der Waals surface area contributed by atoms with Crippen LogP contribution in [0.25, 0.3) is 0 Å². The maximum atomic E-state index is 13.0. The summed E-state index contributed by atoms with van der Waals surface area (Å²) in [6.07, 6.45) is 6.18. The average molecular weight is 278 g/mol. The van der Waals surface area contributed by atoms with Crippen molar-refractivity contribution in [1.29, 1.82) is 0 Å². The molecule has 0 bridgehead atoms. The van der Waals surface area contributed by atoms with E-state index in [1.165, 1.54) is 38.2 Å². The predicted molar refractivity (Wildman–Crippen MR) is 72.2 cm³/mol. The van der Waals surface area contributed by atoms with E-state index < -0.39 is 0 Å². The summed E-state index contributed by atoms with van der Waals surface area (Å²) in [5.41, 5.74) is 7.16. The van der Waals surface area contributed by atoms with Gasteiger partial charge in [-0.2, -0.15) is 0 Å². The van der Waals surface area contributed by atoms with Gasteiger partial charge in [-0.3, -0.25) is 0 Å². The van der Waals surface area contributed by atoms with E-state index in [0.717, 1.165) is 5.56 Å². The number of benzene rings is 1. The zero-order valence-electron chi connectivity index (χ0n) is 9.66. The summed E-state index contributed by atoms with van der Waals surface area (Å²) in [6.45, 7) is 0. The molecule has 0 spiro atoms. The maximum Gasteiger partial charge on any atom is 0.141 e. The summed E-state index contributed by atoms with van der Waals surface area (Å²) in [4.78, 5) is 0. The fourth-order valence-electron chi connectivity index (χ4n) is 2.49. The van der Waals surface area contributed by atoms with E-state index in [1.807, 2.05) is 0 Å². The van der Waals surface area contributed by atoms with Gasteiger partial charge in [0.1, 0.15) is 5.82 Å². The van der Waals surface area contributed by atoms with Crippen molar-refractivity contribution in [2.24, 2.45) is 11.7 Å². The second-order valence-corrected chi connectivity index (χ2v) is 5.00. The van der Waals surface area contributed by atoms with Crippen molar-refractivity contribution in [3.8, 4) is 0 Å². The first-order valence-electron chi connectivity index (χ1n) is 5.89. The van der Waals surface area contributed by atoms with Crippen LogP contribution in [0.5, 0.6) is 0 Å². The van der Waals surface area contributed by atoms with Gasteiger partial charge in [-0.1, -0.05) is 36.9 Å². The molecule has 1 nitrogen and oxygen atoms in total. The first kappa shape index (κ1) is 14.7. The molecule has 0 amide bonds. The molecule has 1 aliphatic carbocycles. The van der Waals surface area contributed by atoms with Crippen molar-refractivity contribution in [3.05, 3.63) is 34.6 Å². The van der Waals surface area contributed by atoms with E-state index in [4.69, 9.17) is 17.3 Å². The maximum absolute atomic E-state index is 13.0. The third kappa shape index (κ3) is 3.57. The lowest BCUT2D eigenvalue weighted by atomic mass is 9.81. The Morgan fingerprint density at radius 1 is 1.24 bits per heavy atom. The Balaban J connectivity index is 0.00000144. The van der Waals surface area contributed by atoms with Crippen molar-refractivity contribution in [3.63, 3.8) is 0 Å². The molecule has 2 N–H and O–H groups in total. The fourth-order valence-corrected chi connectivity index (χ4v) is 2.67. The normalized spacial score (nSPS) is 18.5. The molecule has 0 unspecified atom stereocenters. The molecule has 2 rings (SSSR count). The zero-order valence-corrected chi connectivity index (χ0v) is 11.2. The smallest absolute Gasteiger partial charge is 0.141 e. The van der Waals surface area contributed by atoms with Crippen LogP contribution in [-0.4, -0.2) is 0 Å². The lowest BCUT2D eigenvalue weighted by molar-refractivity contribution is 0.308. The van der Waals surface area contributed by atoms with Crippen LogP contribution in [0.4, 0.5) is 4.39 Å². The highest BCUT2D eigenvalue weighted by molar-refractivity contribution is 6.30. The summed E-state index contributed by atoms with van der Waals surface area (Å²) >= 11 is 5.77. The summed E-state index contributed by atoms with van der Waals surface area (Å²) in [5.74, 6) is 0.150. The monoisotopic (exact) mass is 277 g/mol. The SMILES string of the molecule is Cl.N[C@H](c1ccc(F)c(Cl)c1)C1CCCCC1. The molecule has 17 heavy (non-hydrogen) atoms. The highest BCUT2D eigenvalue weighted by atomic mass is 35.5. The number of hydrogen-bond donors (Lipinski definition) is 1. The molecule has 1 aromatic rings. The molecule has 0 aliphatic heterocycles. The van der Waals surface area contributed by atoms with Crippen LogP contribution in [0, 0.1) is 11.7 Å². The Kier molecular flexibility index (Phi) is 5.71. The largest absolute Gasteiger partial charge is 0.324 e. The molecule has 4 heteroatoms. The van der Waals surface area contributed by atoms with Crippen LogP contribution < -0.4 is 5.73 Å². The topological polar surface area (TPSA) is 26.0 Å². The van der Waals surface area contributed by atoms with Crippen molar-refractivity contribution >= 4 is 24.0 Å². The van der Waals surface area contributed by atoms with Crippen molar-refractivity contribution in [2.45, 2.75) is 38.1 Å². The van der Waals surface area contributed by atoms with Crippen LogP contribution in [0.15, 0.2) is 18.2 Å². The van der Waals surface area contributed by atoms with Gasteiger partial charge >= 0.3 is 0 Å². The van der Waals surface area contributed by atoms with Gasteiger partial charge in [0.05, 0.1) is 5.02 Å². The van der Waals surface area contributed by atoms with Crippen LogP contribution in [-0.2, 0) is 0 Å². The molecule has 0 heterocycles. The lowest BCUT2D eigenvalue weighted by Gasteiger charge is -2.27. The van der Waals surface area contributed by atoms with E-state index in [1.54, 1.807) is 12.1 Å². The molecule has 0 saturated heterocycles. The lowest BCUT2D eigenvalue weighted by Crippen LogP contribution is -2.23. The molecule has 0 radical (unpaired) electrons. The van der Waals surface area contributed by atoms with Crippen LogP contribution in [0.2, 0.25) is 5.02 Å². The Morgan fingerprint density at radius 3 is 2.47 bits per heavy atom. The van der Waals surface area contributed by atoms with Gasteiger partial charge in [-0.25, -0.2) is 4.39 Å². The van der Waals surface area contributed by atoms with Gasteiger partial charge in [0.25, 0.3) is 0 Å². The molecule has 0 aromatic heterocycles. The van der Waals surface area contributed by atoms with Gasteiger partial charge in [0.15, 0.2) is 0 Å². The summed E-state index contributed by atoms with van der Waals surface area (Å²) in [5, 5.41) is 0.170. The molecule has 1 aromatic carbocycles.